The maximum Gasteiger partial charge on any atom is 0.254 e. The Labute approximate surface area is 105 Å². The van der Waals surface area contributed by atoms with Crippen LogP contribution < -0.4 is 5.73 Å². The van der Waals surface area contributed by atoms with E-state index in [0.717, 1.165) is 15.6 Å². The molecule has 0 spiro atoms. The number of carbonyl (C=O) groups is 1. The van der Waals surface area contributed by atoms with Crippen LogP contribution in [0.4, 0.5) is 0 Å². The second-order valence-electron chi connectivity index (χ2n) is 3.96. The summed E-state index contributed by atoms with van der Waals surface area (Å²) >= 11 is 3.37. The lowest BCUT2D eigenvalue weighted by molar-refractivity contribution is 0.0747. The summed E-state index contributed by atoms with van der Waals surface area (Å²) < 4.78 is 0.912. The molecular formula is C12H17BrN2O. The third kappa shape index (κ3) is 2.83. The van der Waals surface area contributed by atoms with E-state index in [0.29, 0.717) is 6.54 Å². The van der Waals surface area contributed by atoms with Crippen molar-refractivity contribution in [3.05, 3.63) is 33.8 Å². The molecule has 1 unspecified atom stereocenters. The van der Waals surface area contributed by atoms with E-state index >= 15 is 0 Å². The Kier molecular flexibility index (Phi) is 4.50. The van der Waals surface area contributed by atoms with Gasteiger partial charge in [0.2, 0.25) is 0 Å². The van der Waals surface area contributed by atoms with Crippen LogP contribution in [0.15, 0.2) is 22.7 Å². The van der Waals surface area contributed by atoms with Crippen molar-refractivity contribution in [1.29, 1.82) is 0 Å². The van der Waals surface area contributed by atoms with Crippen LogP contribution in [0.1, 0.15) is 22.8 Å². The Morgan fingerprint density at radius 2 is 2.19 bits per heavy atom. The van der Waals surface area contributed by atoms with Gasteiger partial charge in [-0.1, -0.05) is 22.0 Å². The molecule has 1 aromatic carbocycles. The van der Waals surface area contributed by atoms with Crippen molar-refractivity contribution in [3.8, 4) is 0 Å². The minimum atomic E-state index is 0.0109. The molecule has 0 aliphatic carbocycles. The van der Waals surface area contributed by atoms with Crippen LogP contribution >= 0.6 is 15.9 Å². The van der Waals surface area contributed by atoms with Crippen molar-refractivity contribution >= 4 is 21.8 Å². The number of amides is 1. The van der Waals surface area contributed by atoms with Crippen molar-refractivity contribution in [2.24, 2.45) is 5.73 Å². The second kappa shape index (κ2) is 5.46. The van der Waals surface area contributed by atoms with Gasteiger partial charge in [-0.05, 0) is 31.5 Å². The van der Waals surface area contributed by atoms with Crippen LogP contribution in [0.3, 0.4) is 0 Å². The lowest BCUT2D eigenvalue weighted by Crippen LogP contribution is -2.39. The average molecular weight is 285 g/mol. The summed E-state index contributed by atoms with van der Waals surface area (Å²) in [4.78, 5) is 13.8. The fourth-order valence-electron chi connectivity index (χ4n) is 1.37. The van der Waals surface area contributed by atoms with Gasteiger partial charge in [-0.2, -0.15) is 0 Å². The number of nitrogens with zero attached hydrogens (tertiary/aromatic N) is 1. The molecule has 0 aliphatic heterocycles. The average Bonchev–Trinajstić information content (AvgIpc) is 2.29. The minimum Gasteiger partial charge on any atom is -0.338 e. The minimum absolute atomic E-state index is 0.0109. The van der Waals surface area contributed by atoms with E-state index in [4.69, 9.17) is 5.73 Å². The van der Waals surface area contributed by atoms with Gasteiger partial charge in [-0.3, -0.25) is 4.79 Å². The number of hydrogen-bond donors (Lipinski definition) is 1. The fraction of sp³-hybridized carbons (Fsp3) is 0.417. The van der Waals surface area contributed by atoms with Crippen LogP contribution in [0.25, 0.3) is 0 Å². The summed E-state index contributed by atoms with van der Waals surface area (Å²) in [5, 5.41) is 0. The smallest absolute Gasteiger partial charge is 0.254 e. The van der Waals surface area contributed by atoms with E-state index in [1.54, 1.807) is 11.9 Å². The van der Waals surface area contributed by atoms with Gasteiger partial charge >= 0.3 is 0 Å². The summed E-state index contributed by atoms with van der Waals surface area (Å²) in [6.07, 6.45) is 0. The summed E-state index contributed by atoms with van der Waals surface area (Å²) in [6, 6.07) is 5.75. The summed E-state index contributed by atoms with van der Waals surface area (Å²) in [7, 11) is 1.78. The molecule has 88 valence electrons. The molecule has 2 N–H and O–H groups in total. The van der Waals surface area contributed by atoms with Crippen LogP contribution in [0.2, 0.25) is 0 Å². The number of hydrogen-bond acceptors (Lipinski definition) is 2. The predicted molar refractivity (Wildman–Crippen MR) is 69.5 cm³/mol. The Bertz CT molecular complexity index is 393. The molecule has 1 aromatic rings. The van der Waals surface area contributed by atoms with Crippen molar-refractivity contribution in [3.63, 3.8) is 0 Å². The molecule has 0 fully saturated rings. The number of aryl methyl sites for hydroxylation is 1. The fourth-order valence-corrected chi connectivity index (χ4v) is 1.73. The first-order valence-electron chi connectivity index (χ1n) is 5.20. The van der Waals surface area contributed by atoms with Gasteiger partial charge < -0.3 is 10.6 Å². The molecule has 1 rings (SSSR count). The monoisotopic (exact) mass is 284 g/mol. The van der Waals surface area contributed by atoms with E-state index in [-0.39, 0.29) is 11.9 Å². The Hall–Kier alpha value is -0.870. The number of nitrogens with two attached hydrogens (primary N) is 1. The van der Waals surface area contributed by atoms with Gasteiger partial charge in [0.1, 0.15) is 0 Å². The normalized spacial score (nSPS) is 12.3. The molecular weight excluding hydrogens is 268 g/mol. The van der Waals surface area contributed by atoms with Gasteiger partial charge in [-0.15, -0.1) is 0 Å². The number of likely N-dealkylation sites (N-methyl/N-ethyl adjacent to an activating group) is 1. The summed E-state index contributed by atoms with van der Waals surface area (Å²) in [5.74, 6) is 0.0109. The van der Waals surface area contributed by atoms with Gasteiger partial charge in [0.25, 0.3) is 5.91 Å². The van der Waals surface area contributed by atoms with Crippen molar-refractivity contribution in [2.75, 3.05) is 13.6 Å². The highest BCUT2D eigenvalue weighted by molar-refractivity contribution is 9.10. The van der Waals surface area contributed by atoms with E-state index < -0.39 is 0 Å². The largest absolute Gasteiger partial charge is 0.338 e. The molecule has 0 aliphatic rings. The molecule has 4 heteroatoms. The second-order valence-corrected chi connectivity index (χ2v) is 4.88. The third-order valence-corrected chi connectivity index (χ3v) is 3.25. The molecule has 0 bridgehead atoms. The van der Waals surface area contributed by atoms with Crippen LogP contribution in [-0.4, -0.2) is 30.4 Å². The zero-order chi connectivity index (χ0) is 12.3. The van der Waals surface area contributed by atoms with Crippen LogP contribution in [0, 0.1) is 6.92 Å². The molecule has 3 nitrogen and oxygen atoms in total. The van der Waals surface area contributed by atoms with E-state index in [1.807, 2.05) is 32.0 Å². The number of carbonyl (C=O) groups excluding carboxylic acids is 1. The van der Waals surface area contributed by atoms with Gasteiger partial charge in [0, 0.05) is 29.7 Å². The predicted octanol–water partition coefficient (Wildman–Crippen LogP) is 2.18. The van der Waals surface area contributed by atoms with Gasteiger partial charge in [-0.25, -0.2) is 0 Å². The number of rotatable bonds is 3. The summed E-state index contributed by atoms with van der Waals surface area (Å²) in [6.45, 7) is 4.33. The molecule has 0 saturated carbocycles. The Morgan fingerprint density at radius 3 is 2.75 bits per heavy atom. The number of benzene rings is 1. The van der Waals surface area contributed by atoms with Gasteiger partial charge in [0.05, 0.1) is 0 Å². The van der Waals surface area contributed by atoms with E-state index in [2.05, 4.69) is 15.9 Å². The van der Waals surface area contributed by atoms with Crippen LogP contribution in [0.5, 0.6) is 0 Å². The molecule has 0 radical (unpaired) electrons. The molecule has 0 heterocycles. The first kappa shape index (κ1) is 13.2. The summed E-state index contributed by atoms with van der Waals surface area (Å²) in [5.41, 5.74) is 7.25. The highest BCUT2D eigenvalue weighted by atomic mass is 79.9. The third-order valence-electron chi connectivity index (χ3n) is 2.75. The topological polar surface area (TPSA) is 46.3 Å². The first-order chi connectivity index (χ1) is 7.47. The first-order valence-corrected chi connectivity index (χ1v) is 6.00. The number of halogens is 1. The van der Waals surface area contributed by atoms with Crippen LogP contribution in [-0.2, 0) is 0 Å². The van der Waals surface area contributed by atoms with Crippen molar-refractivity contribution in [2.45, 2.75) is 19.9 Å². The van der Waals surface area contributed by atoms with E-state index in [1.165, 1.54) is 0 Å². The van der Waals surface area contributed by atoms with E-state index in [9.17, 15) is 4.79 Å². The maximum absolute atomic E-state index is 12.2. The lowest BCUT2D eigenvalue weighted by Gasteiger charge is -2.24. The standard InChI is InChI=1S/C12H17BrN2O/c1-8-4-5-10(13)6-11(8)12(16)15(3)9(2)7-14/h4-6,9H,7,14H2,1-3H3. The quantitative estimate of drug-likeness (QED) is 0.925. The lowest BCUT2D eigenvalue weighted by atomic mass is 10.1. The van der Waals surface area contributed by atoms with Crippen molar-refractivity contribution in [1.82, 2.24) is 4.90 Å². The maximum atomic E-state index is 12.2. The van der Waals surface area contributed by atoms with Crippen molar-refractivity contribution < 1.29 is 4.79 Å². The molecule has 0 aromatic heterocycles. The molecule has 0 saturated heterocycles. The molecule has 16 heavy (non-hydrogen) atoms. The molecule has 1 amide bonds. The Balaban J connectivity index is 3.00. The SMILES string of the molecule is Cc1ccc(Br)cc1C(=O)N(C)C(C)CN. The highest BCUT2D eigenvalue weighted by Gasteiger charge is 2.18. The Morgan fingerprint density at radius 1 is 1.56 bits per heavy atom. The zero-order valence-corrected chi connectivity index (χ0v) is 11.4. The van der Waals surface area contributed by atoms with Gasteiger partial charge in [0.15, 0.2) is 0 Å². The zero-order valence-electron chi connectivity index (χ0n) is 9.83. The highest BCUT2D eigenvalue weighted by Crippen LogP contribution is 2.18. The molecule has 1 atom stereocenters.